The summed E-state index contributed by atoms with van der Waals surface area (Å²) >= 11 is 0. The highest BCUT2D eigenvalue weighted by Gasteiger charge is 2.15. The van der Waals surface area contributed by atoms with Crippen molar-refractivity contribution in [2.75, 3.05) is 13.1 Å². The maximum Gasteiger partial charge on any atom is 0.182 e. The highest BCUT2D eigenvalue weighted by molar-refractivity contribution is 5.98. The van der Waals surface area contributed by atoms with Crippen LogP contribution in [0.3, 0.4) is 0 Å². The maximum absolute atomic E-state index is 13.1. The molecule has 0 aliphatic heterocycles. The zero-order valence-electron chi connectivity index (χ0n) is 7.89. The number of carbonyl (C=O) groups is 1. The Labute approximate surface area is 86.3 Å². The van der Waals surface area contributed by atoms with Crippen LogP contribution in [0.5, 0.6) is 0 Å². The number of terminal acetylenes is 1. The first-order valence-corrected chi connectivity index (χ1v) is 4.28. The first kappa shape index (κ1) is 11.3. The number of hydrogen-bond acceptors (Lipinski definition) is 2. The van der Waals surface area contributed by atoms with Crippen molar-refractivity contribution in [2.24, 2.45) is 0 Å². The SMILES string of the molecule is C#CCNCC(=O)c1c(F)cccc1F. The first-order valence-electron chi connectivity index (χ1n) is 4.28. The maximum atomic E-state index is 13.1. The monoisotopic (exact) mass is 209 g/mol. The van der Waals surface area contributed by atoms with Gasteiger partial charge in [0.1, 0.15) is 11.6 Å². The Morgan fingerprint density at radius 2 is 2.00 bits per heavy atom. The lowest BCUT2D eigenvalue weighted by atomic mass is 10.1. The Morgan fingerprint density at radius 1 is 1.40 bits per heavy atom. The molecule has 1 aromatic carbocycles. The fourth-order valence-electron chi connectivity index (χ4n) is 1.10. The molecule has 78 valence electrons. The number of benzene rings is 1. The highest BCUT2D eigenvalue weighted by Crippen LogP contribution is 2.12. The summed E-state index contributed by atoms with van der Waals surface area (Å²) in [6.07, 6.45) is 4.94. The third kappa shape index (κ3) is 2.86. The molecule has 4 heteroatoms. The quantitative estimate of drug-likeness (QED) is 0.461. The van der Waals surface area contributed by atoms with Crippen LogP contribution in [-0.4, -0.2) is 18.9 Å². The molecule has 0 aliphatic carbocycles. The molecule has 1 rings (SSSR count). The van der Waals surface area contributed by atoms with Crippen molar-refractivity contribution in [1.29, 1.82) is 0 Å². The fourth-order valence-corrected chi connectivity index (χ4v) is 1.10. The van der Waals surface area contributed by atoms with Gasteiger partial charge in [-0.1, -0.05) is 12.0 Å². The molecule has 0 aliphatic rings. The molecular formula is C11H9F2NO. The molecule has 0 heterocycles. The molecule has 0 saturated carbocycles. The van der Waals surface area contributed by atoms with Crippen LogP contribution in [0.4, 0.5) is 8.78 Å². The van der Waals surface area contributed by atoms with Crippen LogP contribution in [0.15, 0.2) is 18.2 Å². The van der Waals surface area contributed by atoms with Crippen LogP contribution in [0.25, 0.3) is 0 Å². The Balaban J connectivity index is 2.78. The molecule has 0 unspecified atom stereocenters. The minimum atomic E-state index is -0.859. The molecule has 1 aromatic rings. The number of halogens is 2. The van der Waals surface area contributed by atoms with Gasteiger partial charge in [0.2, 0.25) is 0 Å². The van der Waals surface area contributed by atoms with Crippen molar-refractivity contribution in [3.05, 3.63) is 35.4 Å². The summed E-state index contributed by atoms with van der Waals surface area (Å²) in [5.41, 5.74) is -0.526. The first-order chi connectivity index (χ1) is 7.16. The smallest absolute Gasteiger partial charge is 0.182 e. The van der Waals surface area contributed by atoms with Crippen molar-refractivity contribution in [3.8, 4) is 12.3 Å². The molecule has 0 spiro atoms. The zero-order valence-corrected chi connectivity index (χ0v) is 7.89. The van der Waals surface area contributed by atoms with Crippen LogP contribution >= 0.6 is 0 Å². The van der Waals surface area contributed by atoms with Crippen LogP contribution in [0.2, 0.25) is 0 Å². The normalized spacial score (nSPS) is 9.67. The van der Waals surface area contributed by atoms with Gasteiger partial charge in [0.15, 0.2) is 5.78 Å². The fraction of sp³-hybridized carbons (Fsp3) is 0.182. The lowest BCUT2D eigenvalue weighted by molar-refractivity contribution is 0.0984. The Morgan fingerprint density at radius 3 is 2.53 bits per heavy atom. The number of carbonyl (C=O) groups excluding carboxylic acids is 1. The Kier molecular flexibility index (Phi) is 3.95. The van der Waals surface area contributed by atoms with E-state index in [1.807, 2.05) is 0 Å². The number of rotatable bonds is 4. The van der Waals surface area contributed by atoms with E-state index < -0.39 is 23.0 Å². The van der Waals surface area contributed by atoms with Crippen molar-refractivity contribution >= 4 is 5.78 Å². The predicted molar refractivity (Wildman–Crippen MR) is 52.4 cm³/mol. The van der Waals surface area contributed by atoms with Crippen LogP contribution in [0, 0.1) is 24.0 Å². The topological polar surface area (TPSA) is 29.1 Å². The van der Waals surface area contributed by atoms with E-state index in [4.69, 9.17) is 6.42 Å². The number of Topliss-reactive ketones (excluding diaryl/α,β-unsaturated/α-hetero) is 1. The minimum Gasteiger partial charge on any atom is -0.299 e. The van der Waals surface area contributed by atoms with Gasteiger partial charge in [-0.15, -0.1) is 6.42 Å². The van der Waals surface area contributed by atoms with Crippen molar-refractivity contribution in [3.63, 3.8) is 0 Å². The minimum absolute atomic E-state index is 0.179. The molecule has 0 fully saturated rings. The molecule has 0 amide bonds. The highest BCUT2D eigenvalue weighted by atomic mass is 19.1. The number of nitrogens with one attached hydrogen (secondary N) is 1. The summed E-state index contributed by atoms with van der Waals surface area (Å²) in [4.78, 5) is 11.4. The van der Waals surface area contributed by atoms with Crippen molar-refractivity contribution < 1.29 is 13.6 Å². The lowest BCUT2D eigenvalue weighted by Gasteiger charge is -2.03. The molecule has 0 radical (unpaired) electrons. The van der Waals surface area contributed by atoms with Gasteiger partial charge in [0, 0.05) is 0 Å². The molecule has 1 N–H and O–H groups in total. The van der Waals surface area contributed by atoms with E-state index in [9.17, 15) is 13.6 Å². The molecule has 0 bridgehead atoms. The van der Waals surface area contributed by atoms with E-state index >= 15 is 0 Å². The van der Waals surface area contributed by atoms with Gasteiger partial charge in [-0.3, -0.25) is 10.1 Å². The summed E-state index contributed by atoms with van der Waals surface area (Å²) < 4.78 is 26.2. The molecule has 2 nitrogen and oxygen atoms in total. The average molecular weight is 209 g/mol. The second-order valence-corrected chi connectivity index (χ2v) is 2.83. The molecule has 0 atom stereocenters. The standard InChI is InChI=1S/C11H9F2NO/c1-2-6-14-7-10(15)11-8(12)4-3-5-9(11)13/h1,3-5,14H,6-7H2. The second kappa shape index (κ2) is 5.23. The van der Waals surface area contributed by atoms with Crippen molar-refractivity contribution in [1.82, 2.24) is 5.32 Å². The molecule has 15 heavy (non-hydrogen) atoms. The lowest BCUT2D eigenvalue weighted by Crippen LogP contribution is -2.24. The van der Waals surface area contributed by atoms with Crippen molar-refractivity contribution in [2.45, 2.75) is 0 Å². The Hall–Kier alpha value is -1.73. The average Bonchev–Trinajstić information content (AvgIpc) is 2.18. The summed E-state index contributed by atoms with van der Waals surface area (Å²) in [5, 5.41) is 2.57. The third-order valence-corrected chi connectivity index (χ3v) is 1.75. The van der Waals surface area contributed by atoms with E-state index in [-0.39, 0.29) is 13.1 Å². The summed E-state index contributed by atoms with van der Waals surface area (Å²) in [6, 6.07) is 3.28. The van der Waals surface area contributed by atoms with E-state index in [2.05, 4.69) is 11.2 Å². The van der Waals surface area contributed by atoms with Gasteiger partial charge < -0.3 is 0 Å². The van der Waals surface area contributed by atoms with E-state index in [1.165, 1.54) is 6.07 Å². The second-order valence-electron chi connectivity index (χ2n) is 2.83. The van der Waals surface area contributed by atoms with Gasteiger partial charge in [0.25, 0.3) is 0 Å². The summed E-state index contributed by atoms with van der Waals surface area (Å²) in [7, 11) is 0. The van der Waals surface area contributed by atoms with Crippen LogP contribution < -0.4 is 5.32 Å². The molecular weight excluding hydrogens is 200 g/mol. The van der Waals surface area contributed by atoms with Gasteiger partial charge in [0.05, 0.1) is 18.7 Å². The zero-order chi connectivity index (χ0) is 11.3. The van der Waals surface area contributed by atoms with Crippen LogP contribution in [0.1, 0.15) is 10.4 Å². The molecule has 0 saturated heterocycles. The van der Waals surface area contributed by atoms with E-state index in [0.29, 0.717) is 0 Å². The summed E-state index contributed by atoms with van der Waals surface area (Å²) in [6.45, 7) is 0.00383. The Bertz CT molecular complexity index is 389. The largest absolute Gasteiger partial charge is 0.299 e. The van der Waals surface area contributed by atoms with Gasteiger partial charge in [-0.05, 0) is 12.1 Å². The summed E-state index contributed by atoms with van der Waals surface area (Å²) in [5.74, 6) is -0.117. The third-order valence-electron chi connectivity index (χ3n) is 1.75. The van der Waals surface area contributed by atoms with E-state index in [1.54, 1.807) is 0 Å². The van der Waals surface area contributed by atoms with Gasteiger partial charge in [-0.25, -0.2) is 8.78 Å². The van der Waals surface area contributed by atoms with Crippen LogP contribution in [-0.2, 0) is 0 Å². The van der Waals surface area contributed by atoms with E-state index in [0.717, 1.165) is 12.1 Å². The van der Waals surface area contributed by atoms with Gasteiger partial charge >= 0.3 is 0 Å². The predicted octanol–water partition coefficient (Wildman–Crippen LogP) is 1.37. The molecule has 0 aromatic heterocycles. The van der Waals surface area contributed by atoms with Gasteiger partial charge in [-0.2, -0.15) is 0 Å². The number of ketones is 1. The number of hydrogen-bond donors (Lipinski definition) is 1.